The van der Waals surface area contributed by atoms with Gasteiger partial charge in [0.25, 0.3) is 0 Å². The number of rotatable bonds is 7. The molecule has 2 rings (SSSR count). The summed E-state index contributed by atoms with van der Waals surface area (Å²) < 4.78 is 0. The molecule has 2 aliphatic rings. The van der Waals surface area contributed by atoms with Crippen molar-refractivity contribution in [3.63, 3.8) is 0 Å². The number of carbonyl (C=O) groups excluding carboxylic acids is 1. The van der Waals surface area contributed by atoms with E-state index >= 15 is 0 Å². The van der Waals surface area contributed by atoms with E-state index in [1.165, 1.54) is 12.8 Å². The second-order valence-corrected chi connectivity index (χ2v) is 7.60. The molecule has 150 valence electrons. The number of β-amino-alcohol motifs (C(OH)–C–C–N with tert-alkyl or cyclic N) is 1. The van der Waals surface area contributed by atoms with Crippen LogP contribution in [0.5, 0.6) is 0 Å². The number of aliphatic hydroxyl groups is 1. The second kappa shape index (κ2) is 13.2. The van der Waals surface area contributed by atoms with E-state index in [0.717, 1.165) is 64.4 Å². The van der Waals surface area contributed by atoms with Gasteiger partial charge in [-0.3, -0.25) is 4.79 Å². The third-order valence-electron chi connectivity index (χ3n) is 5.41. The Morgan fingerprint density at radius 2 is 1.76 bits per heavy atom. The van der Waals surface area contributed by atoms with Gasteiger partial charge in [-0.05, 0) is 77.0 Å². The fraction of sp³-hybridized carbons (Fsp3) is 0.944. The van der Waals surface area contributed by atoms with Gasteiger partial charge in [0, 0.05) is 26.6 Å². The summed E-state index contributed by atoms with van der Waals surface area (Å²) in [5.74, 6) is 1.67. The molecule has 25 heavy (non-hydrogen) atoms. The van der Waals surface area contributed by atoms with Gasteiger partial charge in [0.1, 0.15) is 0 Å². The molecule has 2 N–H and O–H groups in total. The zero-order chi connectivity index (χ0) is 16.7. The number of amides is 1. The molecule has 0 aromatic carbocycles. The highest BCUT2D eigenvalue weighted by Gasteiger charge is 2.23. The van der Waals surface area contributed by atoms with Crippen LogP contribution in [0, 0.1) is 11.8 Å². The molecule has 2 aliphatic heterocycles. The zero-order valence-corrected chi connectivity index (χ0v) is 17.4. The fourth-order valence-electron chi connectivity index (χ4n) is 3.90. The molecule has 0 saturated carbocycles. The molecule has 0 aromatic rings. The highest BCUT2D eigenvalue weighted by Crippen LogP contribution is 2.20. The van der Waals surface area contributed by atoms with E-state index in [2.05, 4.69) is 10.2 Å². The van der Waals surface area contributed by atoms with Gasteiger partial charge >= 0.3 is 0 Å². The van der Waals surface area contributed by atoms with E-state index in [4.69, 9.17) is 0 Å². The Morgan fingerprint density at radius 3 is 2.32 bits per heavy atom. The molecule has 2 fully saturated rings. The van der Waals surface area contributed by atoms with E-state index in [9.17, 15) is 9.90 Å². The number of carbonyl (C=O) groups is 1. The van der Waals surface area contributed by atoms with E-state index < -0.39 is 0 Å². The number of halogens is 2. The quantitative estimate of drug-likeness (QED) is 0.690. The maximum Gasteiger partial charge on any atom is 0.222 e. The topological polar surface area (TPSA) is 55.8 Å². The lowest BCUT2D eigenvalue weighted by Crippen LogP contribution is -2.41. The van der Waals surface area contributed by atoms with Crippen LogP contribution in [0.2, 0.25) is 0 Å². The first-order valence-electron chi connectivity index (χ1n) is 9.39. The highest BCUT2D eigenvalue weighted by atomic mass is 35.5. The standard InChI is InChI=1S/C18H35N3O2.2ClH/c1-15(22)13-21-11-7-17(8-12-21)14-20(2)18(23)4-3-16-5-9-19-10-6-16;;/h15-17,19,22H,3-14H2,1-2H3;2*1H. The molecule has 0 aromatic heterocycles. The average molecular weight is 398 g/mol. The number of likely N-dealkylation sites (tertiary alicyclic amines) is 1. The molecule has 0 bridgehead atoms. The highest BCUT2D eigenvalue weighted by molar-refractivity contribution is 5.85. The van der Waals surface area contributed by atoms with Gasteiger partial charge in [-0.2, -0.15) is 0 Å². The number of nitrogens with one attached hydrogen (secondary N) is 1. The molecule has 1 unspecified atom stereocenters. The van der Waals surface area contributed by atoms with Crippen molar-refractivity contribution in [3.05, 3.63) is 0 Å². The summed E-state index contributed by atoms with van der Waals surface area (Å²) >= 11 is 0. The van der Waals surface area contributed by atoms with Crippen molar-refractivity contribution in [2.24, 2.45) is 11.8 Å². The summed E-state index contributed by atoms with van der Waals surface area (Å²) in [6.07, 6.45) is 6.24. The monoisotopic (exact) mass is 397 g/mol. The molecule has 0 radical (unpaired) electrons. The molecule has 1 amide bonds. The fourth-order valence-corrected chi connectivity index (χ4v) is 3.90. The molecule has 0 aliphatic carbocycles. The summed E-state index contributed by atoms with van der Waals surface area (Å²) in [6, 6.07) is 0. The summed E-state index contributed by atoms with van der Waals surface area (Å²) in [6.45, 7) is 7.84. The molecule has 2 saturated heterocycles. The second-order valence-electron chi connectivity index (χ2n) is 7.60. The average Bonchev–Trinajstić information content (AvgIpc) is 2.55. The number of aliphatic hydroxyl groups excluding tert-OH is 1. The molecule has 5 nitrogen and oxygen atoms in total. The predicted molar refractivity (Wildman–Crippen MR) is 108 cm³/mol. The predicted octanol–water partition coefficient (Wildman–Crippen LogP) is 2.16. The van der Waals surface area contributed by atoms with Crippen LogP contribution in [-0.2, 0) is 4.79 Å². The molecule has 7 heteroatoms. The lowest BCUT2D eigenvalue weighted by atomic mass is 9.92. The first kappa shape index (κ1) is 24.9. The Morgan fingerprint density at radius 1 is 1.16 bits per heavy atom. The van der Waals surface area contributed by atoms with Crippen LogP contribution in [0.3, 0.4) is 0 Å². The summed E-state index contributed by atoms with van der Waals surface area (Å²) in [5, 5.41) is 12.8. The van der Waals surface area contributed by atoms with Gasteiger partial charge in [-0.25, -0.2) is 0 Å². The van der Waals surface area contributed by atoms with Gasteiger partial charge in [0.15, 0.2) is 0 Å². The van der Waals surface area contributed by atoms with Crippen LogP contribution >= 0.6 is 24.8 Å². The van der Waals surface area contributed by atoms with Crippen LogP contribution in [0.15, 0.2) is 0 Å². The van der Waals surface area contributed by atoms with E-state index in [0.29, 0.717) is 18.2 Å². The van der Waals surface area contributed by atoms with Crippen LogP contribution in [0.1, 0.15) is 45.4 Å². The molecule has 0 spiro atoms. The normalized spacial score (nSPS) is 21.1. The van der Waals surface area contributed by atoms with Gasteiger partial charge < -0.3 is 20.2 Å². The Kier molecular flexibility index (Phi) is 13.1. The third-order valence-corrected chi connectivity index (χ3v) is 5.41. The van der Waals surface area contributed by atoms with Crippen molar-refractivity contribution >= 4 is 30.7 Å². The van der Waals surface area contributed by atoms with Gasteiger partial charge in [-0.15, -0.1) is 24.8 Å². The van der Waals surface area contributed by atoms with Crippen molar-refractivity contribution in [2.75, 3.05) is 46.3 Å². The minimum absolute atomic E-state index is 0. The van der Waals surface area contributed by atoms with E-state index in [1.807, 2.05) is 18.9 Å². The minimum Gasteiger partial charge on any atom is -0.392 e. The number of hydrogen-bond acceptors (Lipinski definition) is 4. The smallest absolute Gasteiger partial charge is 0.222 e. The SMILES string of the molecule is CC(O)CN1CCC(CN(C)C(=O)CCC2CCNCC2)CC1.Cl.Cl. The maximum atomic E-state index is 12.3. The van der Waals surface area contributed by atoms with Gasteiger partial charge in [0.2, 0.25) is 5.91 Å². The first-order valence-corrected chi connectivity index (χ1v) is 9.39. The van der Waals surface area contributed by atoms with Crippen molar-refractivity contribution in [3.8, 4) is 0 Å². The van der Waals surface area contributed by atoms with Crippen molar-refractivity contribution in [1.82, 2.24) is 15.1 Å². The minimum atomic E-state index is -0.245. The van der Waals surface area contributed by atoms with Crippen LogP contribution in [-0.4, -0.2) is 73.2 Å². The first-order chi connectivity index (χ1) is 11.0. The Bertz CT molecular complexity index is 358. The molecular weight excluding hydrogens is 361 g/mol. The Labute approximate surface area is 165 Å². The summed E-state index contributed by atoms with van der Waals surface area (Å²) in [4.78, 5) is 16.6. The number of hydrogen-bond donors (Lipinski definition) is 2. The van der Waals surface area contributed by atoms with Crippen LogP contribution in [0.4, 0.5) is 0 Å². The lowest BCUT2D eigenvalue weighted by Gasteiger charge is -2.34. The lowest BCUT2D eigenvalue weighted by molar-refractivity contribution is -0.131. The van der Waals surface area contributed by atoms with Gasteiger partial charge in [-0.1, -0.05) is 0 Å². The van der Waals surface area contributed by atoms with E-state index in [1.54, 1.807) is 0 Å². The largest absolute Gasteiger partial charge is 0.392 e. The number of nitrogens with zero attached hydrogens (tertiary/aromatic N) is 2. The number of piperidine rings is 2. The van der Waals surface area contributed by atoms with E-state index in [-0.39, 0.29) is 30.9 Å². The van der Waals surface area contributed by atoms with Crippen LogP contribution < -0.4 is 5.32 Å². The summed E-state index contributed by atoms with van der Waals surface area (Å²) in [5.41, 5.74) is 0. The summed E-state index contributed by atoms with van der Waals surface area (Å²) in [7, 11) is 1.97. The molecule has 2 heterocycles. The molecular formula is C18H37Cl2N3O2. The van der Waals surface area contributed by atoms with Crippen molar-refractivity contribution in [1.29, 1.82) is 0 Å². The van der Waals surface area contributed by atoms with Crippen molar-refractivity contribution in [2.45, 2.75) is 51.6 Å². The Hall–Kier alpha value is -0.0700. The molecule has 1 atom stereocenters. The van der Waals surface area contributed by atoms with Crippen LogP contribution in [0.25, 0.3) is 0 Å². The third kappa shape index (κ3) is 9.43. The van der Waals surface area contributed by atoms with Gasteiger partial charge in [0.05, 0.1) is 6.10 Å². The maximum absolute atomic E-state index is 12.3. The van der Waals surface area contributed by atoms with Crippen molar-refractivity contribution < 1.29 is 9.90 Å². The zero-order valence-electron chi connectivity index (χ0n) is 15.8. The Balaban J connectivity index is 0.00000288.